The third-order valence-corrected chi connectivity index (χ3v) is 9.02. The van der Waals surface area contributed by atoms with E-state index in [1.54, 1.807) is 16.4 Å². The Labute approximate surface area is 206 Å². The minimum atomic E-state index is -3.46. The lowest BCUT2D eigenvalue weighted by Gasteiger charge is -2.25. The number of unbranched alkanes of at least 4 members (excludes halogenated alkanes) is 1. The van der Waals surface area contributed by atoms with Crippen molar-refractivity contribution in [3.63, 3.8) is 0 Å². The first kappa shape index (κ1) is 24.1. The average molecular weight is 499 g/mol. The first-order valence-electron chi connectivity index (χ1n) is 12.7. The molecule has 5 rings (SSSR count). The lowest BCUT2D eigenvalue weighted by molar-refractivity contribution is 0.109. The molecule has 0 amide bonds. The molecule has 9 nitrogen and oxygen atoms in total. The second-order valence-electron chi connectivity index (χ2n) is 9.60. The first-order chi connectivity index (χ1) is 17.0. The van der Waals surface area contributed by atoms with Gasteiger partial charge in [-0.2, -0.15) is 14.4 Å². The van der Waals surface area contributed by atoms with E-state index in [2.05, 4.69) is 17.2 Å². The van der Waals surface area contributed by atoms with Crippen LogP contribution in [-0.4, -0.2) is 63.3 Å². The molecule has 0 radical (unpaired) electrons. The number of nitrogens with one attached hydrogen (secondary N) is 1. The molecule has 1 aromatic carbocycles. The van der Waals surface area contributed by atoms with Crippen LogP contribution >= 0.6 is 0 Å². The first-order valence-corrected chi connectivity index (χ1v) is 14.2. The van der Waals surface area contributed by atoms with Crippen molar-refractivity contribution < 1.29 is 13.5 Å². The summed E-state index contributed by atoms with van der Waals surface area (Å²) in [5, 5.41) is 19.1. The molecule has 1 aliphatic carbocycles. The number of benzene rings is 1. The largest absolute Gasteiger partial charge is 0.393 e. The molecule has 1 saturated carbocycles. The number of hydrogen-bond acceptors (Lipinski definition) is 7. The van der Waals surface area contributed by atoms with E-state index in [0.29, 0.717) is 23.9 Å². The molecule has 0 atom stereocenters. The molecular formula is C25H34N6O3S. The SMILES string of the molecule is CCCCNc1ncc2c(-c3ccc(S(=O)(=O)N4CCCC4)cc3)nn([C@H]3CC[C@H](O)CC3)c2n1. The summed E-state index contributed by atoms with van der Waals surface area (Å²) in [6, 6.07) is 7.15. The van der Waals surface area contributed by atoms with Crippen LogP contribution in [-0.2, 0) is 10.0 Å². The van der Waals surface area contributed by atoms with E-state index in [-0.39, 0.29) is 12.1 Å². The molecule has 0 unspecified atom stereocenters. The molecule has 3 aromatic rings. The summed E-state index contributed by atoms with van der Waals surface area (Å²) < 4.78 is 29.4. The zero-order valence-corrected chi connectivity index (χ0v) is 21.0. The Kier molecular flexibility index (Phi) is 7.04. The minimum Gasteiger partial charge on any atom is -0.393 e. The third-order valence-electron chi connectivity index (χ3n) is 7.10. The third kappa shape index (κ3) is 4.92. The van der Waals surface area contributed by atoms with Gasteiger partial charge in [0.05, 0.1) is 22.4 Å². The Balaban J connectivity index is 1.50. The maximum Gasteiger partial charge on any atom is 0.243 e. The van der Waals surface area contributed by atoms with E-state index >= 15 is 0 Å². The number of anilines is 1. The van der Waals surface area contributed by atoms with Crippen molar-refractivity contribution in [1.29, 1.82) is 0 Å². The Morgan fingerprint density at radius 2 is 1.80 bits per heavy atom. The van der Waals surface area contributed by atoms with Gasteiger partial charge in [0.25, 0.3) is 0 Å². The highest BCUT2D eigenvalue weighted by molar-refractivity contribution is 7.89. The van der Waals surface area contributed by atoms with Crippen LogP contribution in [0.3, 0.4) is 0 Å². The van der Waals surface area contributed by atoms with Gasteiger partial charge in [0.2, 0.25) is 16.0 Å². The van der Waals surface area contributed by atoms with Crippen molar-refractivity contribution in [3.8, 4) is 11.3 Å². The fraction of sp³-hybridized carbons (Fsp3) is 0.560. The highest BCUT2D eigenvalue weighted by Crippen LogP contribution is 2.35. The monoisotopic (exact) mass is 498 g/mol. The molecule has 35 heavy (non-hydrogen) atoms. The van der Waals surface area contributed by atoms with Gasteiger partial charge in [-0.15, -0.1) is 0 Å². The van der Waals surface area contributed by atoms with Crippen LogP contribution in [0.1, 0.15) is 64.3 Å². The summed E-state index contributed by atoms with van der Waals surface area (Å²) in [4.78, 5) is 9.65. The van der Waals surface area contributed by atoms with Crippen molar-refractivity contribution in [2.24, 2.45) is 0 Å². The summed E-state index contributed by atoms with van der Waals surface area (Å²) in [5.74, 6) is 0.585. The molecule has 10 heteroatoms. The number of rotatable bonds is 8. The van der Waals surface area contributed by atoms with Gasteiger partial charge < -0.3 is 10.4 Å². The fourth-order valence-electron chi connectivity index (χ4n) is 5.02. The normalized spacial score (nSPS) is 21.5. The van der Waals surface area contributed by atoms with E-state index in [1.807, 2.05) is 23.0 Å². The number of fused-ring (bicyclic) bond motifs is 1. The zero-order chi connectivity index (χ0) is 24.4. The standard InChI is InChI=1S/C25H34N6O3S/c1-2-3-14-26-25-27-17-22-23(29-31(24(22)28-25)19-8-10-20(32)11-9-19)18-6-12-21(13-7-18)35(33,34)30-15-4-5-16-30/h6-7,12-13,17,19-20,32H,2-5,8-11,14-16H2,1H3,(H,26,27,28)/t19-,20-. The summed E-state index contributed by atoms with van der Waals surface area (Å²) in [6.45, 7) is 4.13. The number of hydrogen-bond donors (Lipinski definition) is 2. The molecular weight excluding hydrogens is 464 g/mol. The zero-order valence-electron chi connectivity index (χ0n) is 20.2. The number of aliphatic hydroxyl groups excluding tert-OH is 1. The summed E-state index contributed by atoms with van der Waals surface area (Å²) >= 11 is 0. The van der Waals surface area contributed by atoms with Crippen molar-refractivity contribution in [1.82, 2.24) is 24.1 Å². The molecule has 1 saturated heterocycles. The number of sulfonamides is 1. The summed E-state index contributed by atoms with van der Waals surface area (Å²) in [6.07, 6.45) is 8.68. The molecule has 0 bridgehead atoms. The Morgan fingerprint density at radius 3 is 2.49 bits per heavy atom. The van der Waals surface area contributed by atoms with Crippen LogP contribution < -0.4 is 5.32 Å². The Hall–Kier alpha value is -2.56. The van der Waals surface area contributed by atoms with Crippen LogP contribution in [0, 0.1) is 0 Å². The lowest BCUT2D eigenvalue weighted by Crippen LogP contribution is -2.27. The topological polar surface area (TPSA) is 113 Å². The number of nitrogens with zero attached hydrogens (tertiary/aromatic N) is 5. The van der Waals surface area contributed by atoms with E-state index in [4.69, 9.17) is 10.1 Å². The quantitative estimate of drug-likeness (QED) is 0.452. The molecule has 2 N–H and O–H groups in total. The van der Waals surface area contributed by atoms with Gasteiger partial charge in [0.15, 0.2) is 5.65 Å². The smallest absolute Gasteiger partial charge is 0.243 e. The van der Waals surface area contributed by atoms with Crippen LogP contribution in [0.4, 0.5) is 5.95 Å². The molecule has 0 spiro atoms. The predicted molar refractivity (Wildman–Crippen MR) is 136 cm³/mol. The van der Waals surface area contributed by atoms with Crippen molar-refractivity contribution in [2.75, 3.05) is 25.0 Å². The summed E-state index contributed by atoms with van der Waals surface area (Å²) in [5.41, 5.74) is 2.35. The van der Waals surface area contributed by atoms with Crippen molar-refractivity contribution >= 4 is 27.0 Å². The van der Waals surface area contributed by atoms with Gasteiger partial charge in [-0.25, -0.2) is 18.1 Å². The minimum absolute atomic E-state index is 0.155. The highest BCUT2D eigenvalue weighted by Gasteiger charge is 2.28. The van der Waals surface area contributed by atoms with Crippen molar-refractivity contribution in [3.05, 3.63) is 30.5 Å². The second-order valence-corrected chi connectivity index (χ2v) is 11.5. The molecule has 3 heterocycles. The molecule has 2 aliphatic rings. The maximum atomic E-state index is 12.9. The molecule has 2 fully saturated rings. The van der Waals surface area contributed by atoms with Gasteiger partial charge in [0.1, 0.15) is 5.69 Å². The van der Waals surface area contributed by atoms with Gasteiger partial charge in [-0.05, 0) is 57.1 Å². The van der Waals surface area contributed by atoms with Crippen LogP contribution in [0.15, 0.2) is 35.4 Å². The van der Waals surface area contributed by atoms with E-state index < -0.39 is 10.0 Å². The van der Waals surface area contributed by atoms with Crippen LogP contribution in [0.25, 0.3) is 22.3 Å². The maximum absolute atomic E-state index is 12.9. The molecule has 2 aromatic heterocycles. The summed E-state index contributed by atoms with van der Waals surface area (Å²) in [7, 11) is -3.46. The van der Waals surface area contributed by atoms with Gasteiger partial charge in [-0.1, -0.05) is 25.5 Å². The van der Waals surface area contributed by atoms with Gasteiger partial charge in [0, 0.05) is 31.4 Å². The van der Waals surface area contributed by atoms with E-state index in [0.717, 1.165) is 80.2 Å². The van der Waals surface area contributed by atoms with Crippen LogP contribution in [0.2, 0.25) is 0 Å². The molecule has 188 valence electrons. The van der Waals surface area contributed by atoms with Crippen molar-refractivity contribution in [2.45, 2.75) is 75.3 Å². The van der Waals surface area contributed by atoms with E-state index in [9.17, 15) is 13.5 Å². The van der Waals surface area contributed by atoms with E-state index in [1.165, 1.54) is 0 Å². The number of aliphatic hydroxyl groups is 1. The fourth-order valence-corrected chi connectivity index (χ4v) is 6.54. The lowest BCUT2D eigenvalue weighted by atomic mass is 9.93. The second kappa shape index (κ2) is 10.2. The van der Waals surface area contributed by atoms with Gasteiger partial charge in [-0.3, -0.25) is 0 Å². The Bertz CT molecular complexity index is 1260. The van der Waals surface area contributed by atoms with Crippen LogP contribution in [0.5, 0.6) is 0 Å². The highest BCUT2D eigenvalue weighted by atomic mass is 32.2. The Morgan fingerprint density at radius 1 is 1.09 bits per heavy atom. The predicted octanol–water partition coefficient (Wildman–Crippen LogP) is 3.97. The molecule has 1 aliphatic heterocycles. The number of aromatic nitrogens is 4. The average Bonchev–Trinajstić information content (AvgIpc) is 3.54. The van der Waals surface area contributed by atoms with Gasteiger partial charge >= 0.3 is 0 Å².